The summed E-state index contributed by atoms with van der Waals surface area (Å²) in [5.41, 5.74) is 0.437. The third-order valence-electron chi connectivity index (χ3n) is 3.20. The molecule has 1 N–H and O–H groups in total. The Bertz CT molecular complexity index is 740. The van der Waals surface area contributed by atoms with Gasteiger partial charge in [-0.2, -0.15) is 0 Å². The second-order valence-electron chi connectivity index (χ2n) is 4.61. The molecule has 2 aromatic carbocycles. The van der Waals surface area contributed by atoms with Gasteiger partial charge in [0.05, 0.1) is 11.9 Å². The Balaban J connectivity index is 1.61. The van der Waals surface area contributed by atoms with Crippen molar-refractivity contribution in [1.29, 1.82) is 0 Å². The number of fused-ring (bicyclic) bond motifs is 1. The number of ether oxygens (including phenoxy) is 1. The molecule has 0 saturated heterocycles. The van der Waals surface area contributed by atoms with Crippen LogP contribution in [0.15, 0.2) is 60.9 Å². The molecule has 3 aromatic rings. The Morgan fingerprint density at radius 1 is 1.05 bits per heavy atom. The second-order valence-corrected chi connectivity index (χ2v) is 4.61. The number of hydrogen-bond acceptors (Lipinski definition) is 3. The number of halogens is 1. The van der Waals surface area contributed by atoms with E-state index in [0.717, 1.165) is 16.5 Å². The van der Waals surface area contributed by atoms with E-state index in [1.54, 1.807) is 12.3 Å². The van der Waals surface area contributed by atoms with Crippen molar-refractivity contribution >= 4 is 16.5 Å². The van der Waals surface area contributed by atoms with E-state index in [0.29, 0.717) is 18.8 Å². The number of benzene rings is 2. The first-order valence-electron chi connectivity index (χ1n) is 6.78. The predicted octanol–water partition coefficient (Wildman–Crippen LogP) is 3.86. The van der Waals surface area contributed by atoms with Crippen LogP contribution >= 0.6 is 0 Å². The van der Waals surface area contributed by atoms with Gasteiger partial charge in [-0.25, -0.2) is 4.39 Å². The number of anilines is 1. The lowest BCUT2D eigenvalue weighted by Gasteiger charge is -2.11. The SMILES string of the molecule is Fc1cnccc1NCCOc1cccc2ccccc12. The van der Waals surface area contributed by atoms with E-state index < -0.39 is 0 Å². The van der Waals surface area contributed by atoms with E-state index in [4.69, 9.17) is 4.74 Å². The number of hydrogen-bond donors (Lipinski definition) is 1. The molecule has 0 radical (unpaired) electrons. The highest BCUT2D eigenvalue weighted by molar-refractivity contribution is 5.88. The molecular formula is C17H15FN2O. The first-order chi connectivity index (χ1) is 10.3. The highest BCUT2D eigenvalue weighted by Gasteiger charge is 2.02. The van der Waals surface area contributed by atoms with Crippen LogP contribution < -0.4 is 10.1 Å². The fourth-order valence-corrected chi connectivity index (χ4v) is 2.19. The second kappa shape index (κ2) is 6.22. The predicted molar refractivity (Wildman–Crippen MR) is 82.1 cm³/mol. The van der Waals surface area contributed by atoms with Gasteiger partial charge >= 0.3 is 0 Å². The van der Waals surface area contributed by atoms with Gasteiger partial charge in [0.25, 0.3) is 0 Å². The van der Waals surface area contributed by atoms with Crippen LogP contribution in [-0.2, 0) is 0 Å². The van der Waals surface area contributed by atoms with Crippen molar-refractivity contribution in [1.82, 2.24) is 4.98 Å². The van der Waals surface area contributed by atoms with Crippen molar-refractivity contribution in [2.75, 3.05) is 18.5 Å². The summed E-state index contributed by atoms with van der Waals surface area (Å²) in [5, 5.41) is 5.21. The molecule has 0 aliphatic rings. The molecule has 3 nitrogen and oxygen atoms in total. The molecule has 0 atom stereocenters. The molecule has 1 heterocycles. The molecule has 0 aliphatic heterocycles. The van der Waals surface area contributed by atoms with Gasteiger partial charge in [0.1, 0.15) is 12.4 Å². The van der Waals surface area contributed by atoms with Crippen molar-refractivity contribution in [2.24, 2.45) is 0 Å². The maximum atomic E-state index is 13.4. The topological polar surface area (TPSA) is 34.2 Å². The van der Waals surface area contributed by atoms with Gasteiger partial charge in [-0.15, -0.1) is 0 Å². The van der Waals surface area contributed by atoms with Crippen LogP contribution in [0.2, 0.25) is 0 Å². The molecule has 4 heteroatoms. The molecule has 0 saturated carbocycles. The van der Waals surface area contributed by atoms with Crippen LogP contribution in [0.3, 0.4) is 0 Å². The Hall–Kier alpha value is -2.62. The zero-order valence-corrected chi connectivity index (χ0v) is 11.4. The summed E-state index contributed by atoms with van der Waals surface area (Å²) in [7, 11) is 0. The van der Waals surface area contributed by atoms with Crippen LogP contribution in [0, 0.1) is 5.82 Å². The summed E-state index contributed by atoms with van der Waals surface area (Å²) in [4.78, 5) is 3.71. The average molecular weight is 282 g/mol. The van der Waals surface area contributed by atoms with E-state index in [9.17, 15) is 4.39 Å². The molecule has 106 valence electrons. The smallest absolute Gasteiger partial charge is 0.164 e. The summed E-state index contributed by atoms with van der Waals surface area (Å²) in [6.07, 6.45) is 2.74. The molecule has 21 heavy (non-hydrogen) atoms. The van der Waals surface area contributed by atoms with E-state index in [1.807, 2.05) is 42.5 Å². The minimum atomic E-state index is -0.359. The van der Waals surface area contributed by atoms with Gasteiger partial charge in [0.2, 0.25) is 0 Å². The Labute approximate surface area is 122 Å². The summed E-state index contributed by atoms with van der Waals surface area (Å²) in [5.74, 6) is 0.479. The van der Waals surface area contributed by atoms with E-state index in [1.165, 1.54) is 6.20 Å². The molecule has 0 unspecified atom stereocenters. The van der Waals surface area contributed by atoms with Crippen LogP contribution in [0.1, 0.15) is 0 Å². The third-order valence-corrected chi connectivity index (χ3v) is 3.20. The first-order valence-corrected chi connectivity index (χ1v) is 6.78. The molecule has 0 bridgehead atoms. The fourth-order valence-electron chi connectivity index (χ4n) is 2.19. The Kier molecular flexibility index (Phi) is 3.96. The van der Waals surface area contributed by atoms with Gasteiger partial charge in [-0.3, -0.25) is 4.98 Å². The van der Waals surface area contributed by atoms with Crippen molar-refractivity contribution in [3.63, 3.8) is 0 Å². The van der Waals surface area contributed by atoms with Crippen molar-refractivity contribution in [3.05, 3.63) is 66.7 Å². The highest BCUT2D eigenvalue weighted by Crippen LogP contribution is 2.24. The van der Waals surface area contributed by atoms with Crippen LogP contribution in [-0.4, -0.2) is 18.1 Å². The van der Waals surface area contributed by atoms with Crippen molar-refractivity contribution in [2.45, 2.75) is 0 Å². The lowest BCUT2D eigenvalue weighted by molar-refractivity contribution is 0.336. The van der Waals surface area contributed by atoms with Gasteiger partial charge in [-0.1, -0.05) is 36.4 Å². The summed E-state index contributed by atoms with van der Waals surface area (Å²) in [6, 6.07) is 15.6. The fraction of sp³-hybridized carbons (Fsp3) is 0.118. The highest BCUT2D eigenvalue weighted by atomic mass is 19.1. The monoisotopic (exact) mass is 282 g/mol. The normalized spacial score (nSPS) is 10.5. The number of pyridine rings is 1. The molecular weight excluding hydrogens is 267 g/mol. The first kappa shape index (κ1) is 13.4. The zero-order valence-electron chi connectivity index (χ0n) is 11.4. The molecule has 0 spiro atoms. The maximum Gasteiger partial charge on any atom is 0.164 e. The summed E-state index contributed by atoms with van der Waals surface area (Å²) in [6.45, 7) is 0.972. The van der Waals surface area contributed by atoms with Gasteiger partial charge in [0, 0.05) is 18.1 Å². The summed E-state index contributed by atoms with van der Waals surface area (Å²) >= 11 is 0. The lowest BCUT2D eigenvalue weighted by Crippen LogP contribution is -2.12. The average Bonchev–Trinajstić information content (AvgIpc) is 2.53. The van der Waals surface area contributed by atoms with Crippen LogP contribution in [0.4, 0.5) is 10.1 Å². The molecule has 0 fully saturated rings. The number of nitrogens with zero attached hydrogens (tertiary/aromatic N) is 1. The molecule has 0 aliphatic carbocycles. The van der Waals surface area contributed by atoms with Crippen molar-refractivity contribution < 1.29 is 9.13 Å². The van der Waals surface area contributed by atoms with Gasteiger partial charge in [0.15, 0.2) is 5.82 Å². The summed E-state index contributed by atoms with van der Waals surface area (Å²) < 4.78 is 19.2. The van der Waals surface area contributed by atoms with Crippen LogP contribution in [0.5, 0.6) is 5.75 Å². The quantitative estimate of drug-likeness (QED) is 0.721. The van der Waals surface area contributed by atoms with E-state index in [-0.39, 0.29) is 5.82 Å². The minimum Gasteiger partial charge on any atom is -0.491 e. The largest absolute Gasteiger partial charge is 0.491 e. The number of aromatic nitrogens is 1. The zero-order chi connectivity index (χ0) is 14.5. The van der Waals surface area contributed by atoms with Gasteiger partial charge < -0.3 is 10.1 Å². The molecule has 1 aromatic heterocycles. The number of rotatable bonds is 5. The standard InChI is InChI=1S/C17H15FN2O/c18-15-12-19-9-8-16(15)20-10-11-21-17-7-3-5-13-4-1-2-6-14(13)17/h1-9,12H,10-11H2,(H,19,20). The maximum absolute atomic E-state index is 13.4. The lowest BCUT2D eigenvalue weighted by atomic mass is 10.1. The molecule has 3 rings (SSSR count). The Morgan fingerprint density at radius 2 is 1.90 bits per heavy atom. The van der Waals surface area contributed by atoms with E-state index >= 15 is 0 Å². The van der Waals surface area contributed by atoms with Gasteiger partial charge in [-0.05, 0) is 17.5 Å². The molecule has 0 amide bonds. The number of nitrogens with one attached hydrogen (secondary N) is 1. The Morgan fingerprint density at radius 3 is 2.81 bits per heavy atom. The minimum absolute atomic E-state index is 0.359. The van der Waals surface area contributed by atoms with Crippen molar-refractivity contribution in [3.8, 4) is 5.75 Å². The van der Waals surface area contributed by atoms with E-state index in [2.05, 4.69) is 10.3 Å². The third kappa shape index (κ3) is 3.11. The van der Waals surface area contributed by atoms with Crippen LogP contribution in [0.25, 0.3) is 10.8 Å².